The van der Waals surface area contributed by atoms with Gasteiger partial charge in [0.1, 0.15) is 0 Å². The maximum absolute atomic E-state index is 8.74. The van der Waals surface area contributed by atoms with Crippen LogP contribution in [-0.2, 0) is 31.5 Å². The van der Waals surface area contributed by atoms with Crippen LogP contribution >= 0.6 is 0 Å². The van der Waals surface area contributed by atoms with Gasteiger partial charge in [-0.15, -0.1) is 0 Å². The fourth-order valence-corrected chi connectivity index (χ4v) is 0.836. The summed E-state index contributed by atoms with van der Waals surface area (Å²) >= 11 is 0. The SMILES string of the molecule is NCC(N)c1ccccc1.O=S(=O)(O)O.[Pt]. The zero-order valence-corrected chi connectivity index (χ0v) is 11.4. The smallest absolute Gasteiger partial charge is 0.329 e. The summed E-state index contributed by atoms with van der Waals surface area (Å²) in [5, 5.41) is 0. The van der Waals surface area contributed by atoms with E-state index in [0.717, 1.165) is 5.56 Å². The molecule has 0 radical (unpaired) electrons. The first kappa shape index (κ1) is 18.1. The van der Waals surface area contributed by atoms with E-state index in [-0.39, 0.29) is 27.1 Å². The second-order valence-electron chi connectivity index (χ2n) is 2.70. The Hall–Kier alpha value is -0.302. The van der Waals surface area contributed by atoms with Gasteiger partial charge in [0.25, 0.3) is 0 Å². The number of hydrogen-bond donors (Lipinski definition) is 4. The molecule has 0 heterocycles. The van der Waals surface area contributed by atoms with Gasteiger partial charge in [-0.05, 0) is 5.56 Å². The van der Waals surface area contributed by atoms with Gasteiger partial charge >= 0.3 is 10.4 Å². The Morgan fingerprint density at radius 3 is 1.88 bits per heavy atom. The third kappa shape index (κ3) is 11.8. The molecule has 0 saturated heterocycles. The van der Waals surface area contributed by atoms with Crippen LogP contribution in [0.3, 0.4) is 0 Å². The van der Waals surface area contributed by atoms with E-state index in [1.807, 2.05) is 30.3 Å². The Bertz CT molecular complexity index is 363. The predicted molar refractivity (Wildman–Crippen MR) is 56.6 cm³/mol. The van der Waals surface area contributed by atoms with Gasteiger partial charge in [-0.2, -0.15) is 8.42 Å². The normalized spacial score (nSPS) is 11.8. The van der Waals surface area contributed by atoms with Crippen molar-refractivity contribution in [1.82, 2.24) is 0 Å². The van der Waals surface area contributed by atoms with E-state index >= 15 is 0 Å². The summed E-state index contributed by atoms with van der Waals surface area (Å²) in [4.78, 5) is 0. The third-order valence-electron chi connectivity index (χ3n) is 1.48. The third-order valence-corrected chi connectivity index (χ3v) is 1.48. The molecule has 6 N–H and O–H groups in total. The number of nitrogens with two attached hydrogens (primary N) is 2. The van der Waals surface area contributed by atoms with E-state index in [1.54, 1.807) is 0 Å². The van der Waals surface area contributed by atoms with Crippen molar-refractivity contribution in [3.05, 3.63) is 35.9 Å². The van der Waals surface area contributed by atoms with Crippen LogP contribution in [0.4, 0.5) is 0 Å². The second-order valence-corrected chi connectivity index (χ2v) is 3.60. The summed E-state index contributed by atoms with van der Waals surface area (Å²) < 4.78 is 31.6. The van der Waals surface area contributed by atoms with Crippen molar-refractivity contribution in [2.75, 3.05) is 6.54 Å². The molecule has 1 aromatic carbocycles. The molecule has 0 aromatic heterocycles. The van der Waals surface area contributed by atoms with E-state index in [0.29, 0.717) is 6.54 Å². The summed E-state index contributed by atoms with van der Waals surface area (Å²) in [5.74, 6) is 0. The molecule has 0 aliphatic heterocycles. The second kappa shape index (κ2) is 8.81. The predicted octanol–water partition coefficient (Wildman–Crippen LogP) is -0.0102. The molecule has 0 bridgehead atoms. The average molecular weight is 429 g/mol. The summed E-state index contributed by atoms with van der Waals surface area (Å²) in [6.45, 7) is 0.504. The Morgan fingerprint density at radius 1 is 1.19 bits per heavy atom. The Kier molecular flexibility index (Phi) is 9.95. The first-order valence-corrected chi connectivity index (χ1v) is 5.44. The monoisotopic (exact) mass is 429 g/mol. The molecule has 0 aliphatic carbocycles. The quantitative estimate of drug-likeness (QED) is 0.490. The van der Waals surface area contributed by atoms with E-state index in [1.165, 1.54) is 0 Å². The molecule has 1 unspecified atom stereocenters. The molecule has 6 nitrogen and oxygen atoms in total. The largest absolute Gasteiger partial charge is 0.394 e. The molecule has 16 heavy (non-hydrogen) atoms. The fraction of sp³-hybridized carbons (Fsp3) is 0.250. The maximum Gasteiger partial charge on any atom is 0.394 e. The minimum Gasteiger partial charge on any atom is -0.329 e. The van der Waals surface area contributed by atoms with E-state index in [9.17, 15) is 0 Å². The van der Waals surface area contributed by atoms with Crippen LogP contribution in [0.15, 0.2) is 30.3 Å². The Balaban J connectivity index is 0. The summed E-state index contributed by atoms with van der Waals surface area (Å²) in [5.41, 5.74) is 12.2. The molecule has 96 valence electrons. The van der Waals surface area contributed by atoms with Crippen LogP contribution in [0.5, 0.6) is 0 Å². The minimum absolute atomic E-state index is 0. The van der Waals surface area contributed by atoms with Gasteiger partial charge < -0.3 is 11.5 Å². The maximum atomic E-state index is 8.74. The minimum atomic E-state index is -4.67. The number of benzene rings is 1. The van der Waals surface area contributed by atoms with Gasteiger partial charge in [-0.25, -0.2) is 0 Å². The van der Waals surface area contributed by atoms with Crippen LogP contribution in [0, 0.1) is 0 Å². The average Bonchev–Trinajstić information content (AvgIpc) is 2.15. The van der Waals surface area contributed by atoms with Gasteiger partial charge in [-0.3, -0.25) is 9.11 Å². The zero-order valence-electron chi connectivity index (χ0n) is 8.26. The van der Waals surface area contributed by atoms with Crippen LogP contribution < -0.4 is 11.5 Å². The van der Waals surface area contributed by atoms with Crippen LogP contribution in [0.2, 0.25) is 0 Å². The summed E-state index contributed by atoms with van der Waals surface area (Å²) in [6.07, 6.45) is 0. The molecule has 0 aliphatic rings. The van der Waals surface area contributed by atoms with Crippen molar-refractivity contribution in [1.29, 1.82) is 0 Å². The van der Waals surface area contributed by atoms with E-state index in [4.69, 9.17) is 29.0 Å². The van der Waals surface area contributed by atoms with E-state index in [2.05, 4.69) is 0 Å². The molecular weight excluding hydrogens is 415 g/mol. The molecule has 8 heteroatoms. The van der Waals surface area contributed by atoms with Crippen LogP contribution in [-0.4, -0.2) is 24.1 Å². The van der Waals surface area contributed by atoms with Crippen molar-refractivity contribution in [3.8, 4) is 0 Å². The van der Waals surface area contributed by atoms with Crippen molar-refractivity contribution in [2.45, 2.75) is 6.04 Å². The molecule has 1 aromatic rings. The van der Waals surface area contributed by atoms with E-state index < -0.39 is 10.4 Å². The van der Waals surface area contributed by atoms with Gasteiger partial charge in [0.05, 0.1) is 0 Å². The van der Waals surface area contributed by atoms with Gasteiger partial charge in [0.2, 0.25) is 0 Å². The van der Waals surface area contributed by atoms with Gasteiger partial charge in [0.15, 0.2) is 0 Å². The zero-order chi connectivity index (χ0) is 11.9. The van der Waals surface area contributed by atoms with Crippen molar-refractivity contribution in [3.63, 3.8) is 0 Å². The molecule has 0 spiro atoms. The Morgan fingerprint density at radius 2 is 1.56 bits per heavy atom. The molecule has 0 fully saturated rings. The molecule has 1 atom stereocenters. The summed E-state index contributed by atoms with van der Waals surface area (Å²) in [7, 11) is -4.67. The van der Waals surface area contributed by atoms with Gasteiger partial charge in [0, 0.05) is 33.7 Å². The first-order chi connectivity index (χ1) is 6.84. The number of hydrogen-bond acceptors (Lipinski definition) is 4. The Labute approximate surface area is 109 Å². The van der Waals surface area contributed by atoms with Crippen molar-refractivity contribution >= 4 is 10.4 Å². The molecule has 0 amide bonds. The fourth-order valence-electron chi connectivity index (χ4n) is 0.836. The molecule has 1 rings (SSSR count). The first-order valence-electron chi connectivity index (χ1n) is 4.05. The number of rotatable bonds is 2. The standard InChI is InChI=1S/C8H12N2.H2O4S.Pt/c9-6-8(10)7-4-2-1-3-5-7;1-5(2,3)4;/h1-5,8H,6,9-10H2;(H2,1,2,3,4);. The van der Waals surface area contributed by atoms with Gasteiger partial charge in [-0.1, -0.05) is 30.3 Å². The van der Waals surface area contributed by atoms with Crippen LogP contribution in [0.25, 0.3) is 0 Å². The van der Waals surface area contributed by atoms with Crippen molar-refractivity contribution in [2.24, 2.45) is 11.5 Å². The summed E-state index contributed by atoms with van der Waals surface area (Å²) in [6, 6.07) is 9.85. The topological polar surface area (TPSA) is 127 Å². The molecular formula is C8H14N2O4PtS. The van der Waals surface area contributed by atoms with Crippen molar-refractivity contribution < 1.29 is 38.6 Å². The molecule has 0 saturated carbocycles. The van der Waals surface area contributed by atoms with Crippen LogP contribution in [0.1, 0.15) is 11.6 Å².